The molecule has 0 radical (unpaired) electrons. The maximum Gasteiger partial charge on any atom is 0.322 e. The quantitative estimate of drug-likeness (QED) is 0.423. The molecule has 0 aromatic carbocycles. The average molecular weight is 246 g/mol. The van der Waals surface area contributed by atoms with Gasteiger partial charge in [0.15, 0.2) is 0 Å². The monoisotopic (exact) mass is 246 g/mol. The van der Waals surface area contributed by atoms with Crippen LogP contribution >= 0.6 is 0 Å². The number of aliphatic carboxylic acids is 1. The molecule has 17 heavy (non-hydrogen) atoms. The number of carbonyl (C=O) groups is 3. The lowest BCUT2D eigenvalue weighted by molar-refractivity contribution is -0.138. The maximum atomic E-state index is 11.7. The highest BCUT2D eigenvalue weighted by atomic mass is 16.4. The van der Waals surface area contributed by atoms with Gasteiger partial charge in [-0.2, -0.15) is 0 Å². The van der Waals surface area contributed by atoms with E-state index in [0.29, 0.717) is 6.42 Å². The highest BCUT2D eigenvalue weighted by molar-refractivity contribution is 5.89. The van der Waals surface area contributed by atoms with Crippen molar-refractivity contribution in [2.75, 3.05) is 13.1 Å². The molecule has 2 amide bonds. The Balaban J connectivity index is 4.41. The first-order valence-electron chi connectivity index (χ1n) is 5.80. The third-order valence-electron chi connectivity index (χ3n) is 1.93. The molecule has 0 saturated heterocycles. The van der Waals surface area contributed by atoms with Gasteiger partial charge in [-0.15, -0.1) is 0 Å². The third kappa shape index (κ3) is 7.29. The summed E-state index contributed by atoms with van der Waals surface area (Å²) in [5.74, 6) is -2.01. The fourth-order valence-corrected chi connectivity index (χ4v) is 1.23. The fourth-order valence-electron chi connectivity index (χ4n) is 1.23. The molecule has 0 saturated carbocycles. The largest absolute Gasteiger partial charge is 0.480 e. The average Bonchev–Trinajstić information content (AvgIpc) is 2.24. The van der Waals surface area contributed by atoms with Crippen molar-refractivity contribution in [3.05, 3.63) is 0 Å². The van der Waals surface area contributed by atoms with E-state index < -0.39 is 30.4 Å². The van der Waals surface area contributed by atoms with Gasteiger partial charge in [-0.3, -0.25) is 14.4 Å². The zero-order valence-corrected chi connectivity index (χ0v) is 9.95. The number of carbonyl (C=O) groups excluding carboxylic acids is 2. The summed E-state index contributed by atoms with van der Waals surface area (Å²) in [5.41, 5.74) is 1.93. The zero-order chi connectivity index (χ0) is 14.1. The van der Waals surface area contributed by atoms with E-state index in [2.05, 4.69) is 10.6 Å². The lowest BCUT2D eigenvalue weighted by atomic mass is 10.0. The molecule has 0 aliphatic carbocycles. The molecule has 0 bridgehead atoms. The van der Waals surface area contributed by atoms with Gasteiger partial charge in [0.2, 0.25) is 11.8 Å². The Morgan fingerprint density at radius 2 is 2.06 bits per heavy atom. The molecule has 7 heteroatoms. The molecule has 5 N–H and O–H groups in total. The summed E-state index contributed by atoms with van der Waals surface area (Å²) in [7, 11) is 0. The summed E-state index contributed by atoms with van der Waals surface area (Å²) in [4.78, 5) is 33.3. The number of nitrogens with one attached hydrogen (secondary N) is 2. The molecule has 0 spiro atoms. The van der Waals surface area contributed by atoms with E-state index in [1.807, 2.05) is 19.6 Å². The summed E-state index contributed by atoms with van der Waals surface area (Å²) in [6.07, 6.45) is 0.398. The molecule has 0 aliphatic heterocycles. The van der Waals surface area contributed by atoms with Crippen LogP contribution in [0.25, 0.3) is 0 Å². The Bertz CT molecular complexity index is 309. The second kappa shape index (κ2) is 7.61. The van der Waals surface area contributed by atoms with Crippen molar-refractivity contribution in [2.45, 2.75) is 26.3 Å². The minimum Gasteiger partial charge on any atom is -0.480 e. The summed E-state index contributed by atoms with van der Waals surface area (Å²) < 4.78 is 6.67. The Kier molecular flexibility index (Phi) is 6.02. The van der Waals surface area contributed by atoms with Gasteiger partial charge in [0.25, 0.3) is 0 Å². The van der Waals surface area contributed by atoms with Crippen molar-refractivity contribution in [1.82, 2.24) is 10.6 Å². The number of nitrogens with two attached hydrogens (primary N) is 1. The van der Waals surface area contributed by atoms with E-state index in [9.17, 15) is 14.4 Å². The highest BCUT2D eigenvalue weighted by Crippen LogP contribution is 2.04. The van der Waals surface area contributed by atoms with Gasteiger partial charge in [0.05, 0.1) is 6.54 Å². The first-order valence-corrected chi connectivity index (χ1v) is 5.30. The van der Waals surface area contributed by atoms with Crippen LogP contribution in [0.1, 0.15) is 20.3 Å². The second-order valence-electron chi connectivity index (χ2n) is 4.04. The van der Waals surface area contributed by atoms with Crippen molar-refractivity contribution in [2.24, 2.45) is 11.6 Å². The second-order valence-corrected chi connectivity index (χ2v) is 4.04. The molecule has 98 valence electrons. The molecule has 1 atom stereocenters. The van der Waals surface area contributed by atoms with Crippen LogP contribution < -0.4 is 16.4 Å². The number of rotatable bonds is 8. The van der Waals surface area contributed by atoms with Gasteiger partial charge < -0.3 is 21.5 Å². The Morgan fingerprint density at radius 3 is 2.53 bits per heavy atom. The Morgan fingerprint density at radius 1 is 1.41 bits per heavy atom. The smallest absolute Gasteiger partial charge is 0.322 e. The number of carboxylic acid groups (broad SMARTS) is 1. The van der Waals surface area contributed by atoms with E-state index in [1.54, 1.807) is 0 Å². The summed E-state index contributed by atoms with van der Waals surface area (Å²) in [6.45, 7) is 3.06. The maximum absolute atomic E-state index is 11.7. The first kappa shape index (κ1) is 13.4. The van der Waals surface area contributed by atoms with Crippen molar-refractivity contribution >= 4 is 17.8 Å². The zero-order valence-electron chi connectivity index (χ0n) is 10.9. The summed E-state index contributed by atoms with van der Waals surface area (Å²) >= 11 is 0. The van der Waals surface area contributed by atoms with Crippen LogP contribution in [0.4, 0.5) is 0 Å². The highest BCUT2D eigenvalue weighted by Gasteiger charge is 2.21. The van der Waals surface area contributed by atoms with E-state index in [0.717, 1.165) is 0 Å². The molecule has 0 aromatic rings. The number of hydrogen-bond donors (Lipinski definition) is 4. The van der Waals surface area contributed by atoms with Gasteiger partial charge in [-0.05, 0) is 12.3 Å². The molecule has 0 heterocycles. The number of amides is 2. The SMILES string of the molecule is [2H]NCC(=O)N[C@@H](CC(C)C)C(=O)NCC(=O)O. The summed E-state index contributed by atoms with van der Waals surface area (Å²) in [5, 5.41) is 13.1. The van der Waals surface area contributed by atoms with Gasteiger partial charge in [0, 0.05) is 0 Å². The number of carboxylic acids is 1. The molecule has 0 rings (SSSR count). The van der Waals surface area contributed by atoms with Gasteiger partial charge in [-0.25, -0.2) is 0 Å². The van der Waals surface area contributed by atoms with Crippen molar-refractivity contribution < 1.29 is 20.9 Å². The Hall–Kier alpha value is -1.63. The van der Waals surface area contributed by atoms with Crippen LogP contribution in [0.2, 0.25) is 1.41 Å². The Labute approximate surface area is 101 Å². The molecule has 7 nitrogen and oxygen atoms in total. The van der Waals surface area contributed by atoms with E-state index in [4.69, 9.17) is 6.52 Å². The lowest BCUT2D eigenvalue weighted by Crippen LogP contribution is -2.49. The molecular formula is C10H19N3O4. The van der Waals surface area contributed by atoms with Crippen molar-refractivity contribution in [3.8, 4) is 0 Å². The van der Waals surface area contributed by atoms with Crippen molar-refractivity contribution in [3.63, 3.8) is 0 Å². The minimum atomic E-state index is -1.15. The molecule has 0 aliphatic rings. The minimum absolute atomic E-state index is 0.162. The van der Waals surface area contributed by atoms with Crippen LogP contribution in [0, 0.1) is 5.92 Å². The fraction of sp³-hybridized carbons (Fsp3) is 0.700. The molecule has 0 fully saturated rings. The van der Waals surface area contributed by atoms with Crippen LogP contribution in [0.5, 0.6) is 0 Å². The summed E-state index contributed by atoms with van der Waals surface area (Å²) in [6, 6.07) is -0.787. The van der Waals surface area contributed by atoms with E-state index >= 15 is 0 Å². The van der Waals surface area contributed by atoms with Crippen LogP contribution in [-0.2, 0) is 14.4 Å². The third-order valence-corrected chi connectivity index (χ3v) is 1.93. The first-order chi connectivity index (χ1) is 8.36. The van der Waals surface area contributed by atoms with Crippen LogP contribution in [-0.4, -0.2) is 42.0 Å². The normalized spacial score (nSPS) is 12.8. The van der Waals surface area contributed by atoms with Gasteiger partial charge in [-0.1, -0.05) is 13.8 Å². The topological polar surface area (TPSA) is 122 Å². The molecule has 0 aromatic heterocycles. The van der Waals surface area contributed by atoms with Gasteiger partial charge >= 0.3 is 5.97 Å². The number of hydrogen-bond acceptors (Lipinski definition) is 4. The predicted molar refractivity (Wildman–Crippen MR) is 61.1 cm³/mol. The molecular weight excluding hydrogens is 226 g/mol. The van der Waals surface area contributed by atoms with Crippen molar-refractivity contribution in [1.29, 1.82) is 0 Å². The van der Waals surface area contributed by atoms with Gasteiger partial charge in [0.1, 0.15) is 14.0 Å². The molecule has 0 unspecified atom stereocenters. The van der Waals surface area contributed by atoms with Crippen LogP contribution in [0.3, 0.4) is 0 Å². The lowest BCUT2D eigenvalue weighted by Gasteiger charge is -2.19. The van der Waals surface area contributed by atoms with Crippen LogP contribution in [0.15, 0.2) is 0 Å². The van der Waals surface area contributed by atoms with E-state index in [-0.39, 0.29) is 12.5 Å². The standard InChI is InChI=1S/C10H19N3O4/c1-6(2)3-7(13-8(14)4-11)10(17)12-5-9(15)16/h6-7H,3-5,11H2,1-2H3,(H,12,17)(H,13,14)(H,15,16)/t7-/m0/s1/i/hD. The van der Waals surface area contributed by atoms with E-state index in [1.165, 1.54) is 0 Å². The predicted octanol–water partition coefficient (Wildman–Crippen LogP) is -1.32.